The minimum Gasteiger partial charge on any atom is -0.369 e. The molecule has 0 radical (unpaired) electrons. The number of fused-ring (bicyclic) bond motifs is 1. The van der Waals surface area contributed by atoms with Gasteiger partial charge in [-0.1, -0.05) is 0 Å². The number of nitrogens with one attached hydrogen (secondary N) is 1. The highest BCUT2D eigenvalue weighted by Crippen LogP contribution is 2.26. The Morgan fingerprint density at radius 3 is 2.75 bits per heavy atom. The number of aryl methyl sites for hydroxylation is 1. The number of rotatable bonds is 3. The second-order valence-electron chi connectivity index (χ2n) is 5.61. The summed E-state index contributed by atoms with van der Waals surface area (Å²) in [5, 5.41) is 2.63. The van der Waals surface area contributed by atoms with Crippen LogP contribution in [0.4, 0.5) is 10.3 Å². The van der Waals surface area contributed by atoms with Crippen LogP contribution < -0.4 is 11.1 Å². The fourth-order valence-corrected chi connectivity index (χ4v) is 2.24. The minimum atomic E-state index is -0.640. The Balaban J connectivity index is 2.52. The first-order valence-electron chi connectivity index (χ1n) is 6.40. The predicted molar refractivity (Wildman–Crippen MR) is 76.7 cm³/mol. The standard InChI is InChI=1S/C14H19FN4O/c1-8-5-11-10(6-9(8)15)18-13(16)19(11)7-14(2,3)12(20)17-4/h5-6H,7H2,1-4H3,(H2,16,18)(H,17,20). The molecule has 3 N–H and O–H groups in total. The molecule has 5 nitrogen and oxygen atoms in total. The van der Waals surface area contributed by atoms with Gasteiger partial charge in [0.1, 0.15) is 5.82 Å². The lowest BCUT2D eigenvalue weighted by Crippen LogP contribution is -2.37. The number of amides is 1. The first-order chi connectivity index (χ1) is 9.26. The zero-order chi connectivity index (χ0) is 15.1. The molecule has 108 valence electrons. The molecule has 1 aromatic heterocycles. The molecule has 0 saturated carbocycles. The summed E-state index contributed by atoms with van der Waals surface area (Å²) in [6, 6.07) is 3.07. The third-order valence-electron chi connectivity index (χ3n) is 3.45. The molecule has 0 fully saturated rings. The van der Waals surface area contributed by atoms with E-state index in [1.807, 2.05) is 13.8 Å². The van der Waals surface area contributed by atoms with E-state index in [0.29, 0.717) is 17.6 Å². The fraction of sp³-hybridized carbons (Fsp3) is 0.429. The van der Waals surface area contributed by atoms with Crippen molar-refractivity contribution in [3.63, 3.8) is 0 Å². The van der Waals surface area contributed by atoms with Crippen molar-refractivity contribution in [3.05, 3.63) is 23.5 Å². The Bertz CT molecular complexity index is 675. The van der Waals surface area contributed by atoms with Gasteiger partial charge in [0.25, 0.3) is 0 Å². The normalized spacial score (nSPS) is 11.8. The number of nitrogen functional groups attached to an aromatic ring is 1. The van der Waals surface area contributed by atoms with Gasteiger partial charge in [-0.15, -0.1) is 0 Å². The van der Waals surface area contributed by atoms with Gasteiger partial charge >= 0.3 is 0 Å². The van der Waals surface area contributed by atoms with E-state index in [-0.39, 0.29) is 17.7 Å². The van der Waals surface area contributed by atoms with Gasteiger partial charge in [0, 0.05) is 19.7 Å². The molecule has 0 aliphatic carbocycles. The quantitative estimate of drug-likeness (QED) is 0.899. The summed E-state index contributed by atoms with van der Waals surface area (Å²) in [5.41, 5.74) is 7.02. The number of benzene rings is 1. The predicted octanol–water partition coefficient (Wildman–Crippen LogP) is 1.84. The van der Waals surface area contributed by atoms with Gasteiger partial charge in [-0.2, -0.15) is 0 Å². The van der Waals surface area contributed by atoms with E-state index in [2.05, 4.69) is 10.3 Å². The summed E-state index contributed by atoms with van der Waals surface area (Å²) in [6.07, 6.45) is 0. The first-order valence-corrected chi connectivity index (χ1v) is 6.40. The van der Waals surface area contributed by atoms with Gasteiger partial charge < -0.3 is 15.6 Å². The third-order valence-corrected chi connectivity index (χ3v) is 3.45. The Morgan fingerprint density at radius 1 is 1.50 bits per heavy atom. The highest BCUT2D eigenvalue weighted by Gasteiger charge is 2.28. The van der Waals surface area contributed by atoms with Crippen LogP contribution in [0, 0.1) is 18.2 Å². The zero-order valence-corrected chi connectivity index (χ0v) is 12.1. The summed E-state index contributed by atoms with van der Waals surface area (Å²) in [7, 11) is 1.60. The van der Waals surface area contributed by atoms with Gasteiger partial charge in [0.15, 0.2) is 0 Å². The lowest BCUT2D eigenvalue weighted by molar-refractivity contribution is -0.129. The highest BCUT2D eigenvalue weighted by molar-refractivity contribution is 5.83. The summed E-state index contributed by atoms with van der Waals surface area (Å²) in [4.78, 5) is 16.0. The number of carbonyl (C=O) groups is 1. The van der Waals surface area contributed by atoms with Crippen molar-refractivity contribution in [1.29, 1.82) is 0 Å². The number of hydrogen-bond donors (Lipinski definition) is 2. The van der Waals surface area contributed by atoms with E-state index in [9.17, 15) is 9.18 Å². The summed E-state index contributed by atoms with van der Waals surface area (Å²) in [5.74, 6) is -0.118. The number of nitrogens with two attached hydrogens (primary N) is 1. The van der Waals surface area contributed by atoms with Crippen molar-refractivity contribution in [2.45, 2.75) is 27.3 Å². The zero-order valence-electron chi connectivity index (χ0n) is 12.1. The van der Waals surface area contributed by atoms with Crippen LogP contribution in [0.2, 0.25) is 0 Å². The fourth-order valence-electron chi connectivity index (χ4n) is 2.24. The third kappa shape index (κ3) is 2.33. The van der Waals surface area contributed by atoms with Crippen LogP contribution in [0.25, 0.3) is 11.0 Å². The Morgan fingerprint density at radius 2 is 2.15 bits per heavy atom. The molecule has 1 heterocycles. The van der Waals surface area contributed by atoms with Crippen LogP contribution in [-0.4, -0.2) is 22.5 Å². The van der Waals surface area contributed by atoms with Crippen LogP contribution in [0.1, 0.15) is 19.4 Å². The maximum Gasteiger partial charge on any atom is 0.227 e. The van der Waals surface area contributed by atoms with Crippen LogP contribution in [0.15, 0.2) is 12.1 Å². The molecule has 1 amide bonds. The van der Waals surface area contributed by atoms with Gasteiger partial charge in [-0.05, 0) is 32.4 Å². The smallest absolute Gasteiger partial charge is 0.227 e. The topological polar surface area (TPSA) is 72.9 Å². The van der Waals surface area contributed by atoms with E-state index in [1.54, 1.807) is 24.6 Å². The average Bonchev–Trinajstić information content (AvgIpc) is 2.65. The van der Waals surface area contributed by atoms with Crippen LogP contribution in [-0.2, 0) is 11.3 Å². The van der Waals surface area contributed by atoms with Crippen molar-refractivity contribution >= 4 is 22.9 Å². The molecule has 0 atom stereocenters. The number of hydrogen-bond acceptors (Lipinski definition) is 3. The molecule has 0 aliphatic heterocycles. The molecule has 0 aliphatic rings. The number of aromatic nitrogens is 2. The summed E-state index contributed by atoms with van der Waals surface area (Å²) in [6.45, 7) is 5.72. The van der Waals surface area contributed by atoms with Gasteiger partial charge in [-0.25, -0.2) is 9.37 Å². The molecule has 0 unspecified atom stereocenters. The van der Waals surface area contributed by atoms with Crippen LogP contribution in [0.3, 0.4) is 0 Å². The molecule has 0 saturated heterocycles. The van der Waals surface area contributed by atoms with E-state index < -0.39 is 5.41 Å². The SMILES string of the molecule is CNC(=O)C(C)(C)Cn1c(N)nc2cc(F)c(C)cc21. The molecule has 2 rings (SSSR count). The van der Waals surface area contributed by atoms with Crippen LogP contribution in [0.5, 0.6) is 0 Å². The monoisotopic (exact) mass is 278 g/mol. The van der Waals surface area contributed by atoms with Crippen LogP contribution >= 0.6 is 0 Å². The lowest BCUT2D eigenvalue weighted by Gasteiger charge is -2.24. The molecule has 0 bridgehead atoms. The minimum absolute atomic E-state index is 0.0856. The van der Waals surface area contributed by atoms with Crippen molar-refractivity contribution in [1.82, 2.24) is 14.9 Å². The van der Waals surface area contributed by atoms with Gasteiger partial charge in [0.2, 0.25) is 11.9 Å². The van der Waals surface area contributed by atoms with Crippen molar-refractivity contribution in [2.24, 2.45) is 5.41 Å². The highest BCUT2D eigenvalue weighted by atomic mass is 19.1. The van der Waals surface area contributed by atoms with E-state index in [1.165, 1.54) is 6.07 Å². The van der Waals surface area contributed by atoms with Crippen molar-refractivity contribution < 1.29 is 9.18 Å². The molecule has 2 aromatic rings. The largest absolute Gasteiger partial charge is 0.369 e. The molecule has 6 heteroatoms. The maximum absolute atomic E-state index is 13.6. The first kappa shape index (κ1) is 14.3. The second kappa shape index (κ2) is 4.77. The summed E-state index contributed by atoms with van der Waals surface area (Å²) < 4.78 is 15.3. The molecular weight excluding hydrogens is 259 g/mol. The van der Waals surface area contributed by atoms with Gasteiger partial charge in [-0.3, -0.25) is 4.79 Å². The molecule has 0 spiro atoms. The maximum atomic E-state index is 13.6. The average molecular weight is 278 g/mol. The molecule has 20 heavy (non-hydrogen) atoms. The lowest BCUT2D eigenvalue weighted by atomic mass is 9.92. The molecular formula is C14H19FN4O. The summed E-state index contributed by atoms with van der Waals surface area (Å²) >= 11 is 0. The van der Waals surface area contributed by atoms with Crippen molar-refractivity contribution in [3.8, 4) is 0 Å². The number of imidazole rings is 1. The number of carbonyl (C=O) groups excluding carboxylic acids is 1. The Labute approximate surface area is 117 Å². The van der Waals surface area contributed by atoms with E-state index in [0.717, 1.165) is 5.52 Å². The van der Waals surface area contributed by atoms with Crippen molar-refractivity contribution in [2.75, 3.05) is 12.8 Å². The molecule has 1 aromatic carbocycles. The van der Waals surface area contributed by atoms with E-state index in [4.69, 9.17) is 5.73 Å². The van der Waals surface area contributed by atoms with E-state index >= 15 is 0 Å². The number of anilines is 1. The Kier molecular flexibility index (Phi) is 3.41. The number of nitrogens with zero attached hydrogens (tertiary/aromatic N) is 2. The second-order valence-corrected chi connectivity index (χ2v) is 5.61. The van der Waals surface area contributed by atoms with Gasteiger partial charge in [0.05, 0.1) is 16.4 Å². The number of halogens is 1. The Hall–Kier alpha value is -2.11.